The third-order valence-corrected chi connectivity index (χ3v) is 2.51. The molecule has 0 aromatic carbocycles. The van der Waals surface area contributed by atoms with Crippen LogP contribution in [0, 0.1) is 0 Å². The summed E-state index contributed by atoms with van der Waals surface area (Å²) in [6.45, 7) is 0.590. The van der Waals surface area contributed by atoms with E-state index in [9.17, 15) is 0 Å². The normalized spacial score (nSPS) is 11.7. The summed E-state index contributed by atoms with van der Waals surface area (Å²) in [4.78, 5) is 2.01. The van der Waals surface area contributed by atoms with Gasteiger partial charge in [0.15, 0.2) is 5.84 Å². The maximum Gasteiger partial charge on any atom is 0.176 e. The molecule has 1 rings (SSSR count). The Balaban J connectivity index is 2.78. The highest BCUT2D eigenvalue weighted by Crippen LogP contribution is 2.16. The molecule has 0 unspecified atom stereocenters. The Kier molecular flexibility index (Phi) is 3.69. The van der Waals surface area contributed by atoms with Gasteiger partial charge in [0.1, 0.15) is 0 Å². The first kappa shape index (κ1) is 9.97. The van der Waals surface area contributed by atoms with E-state index >= 15 is 0 Å². The molecule has 6 heteroatoms. The van der Waals surface area contributed by atoms with Crippen LogP contribution in [0.25, 0.3) is 0 Å². The molecule has 0 saturated heterocycles. The molecule has 0 atom stereocenters. The molecule has 0 spiro atoms. The molecule has 0 fully saturated rings. The lowest BCUT2D eigenvalue weighted by Crippen LogP contribution is -2.31. The first-order chi connectivity index (χ1) is 6.31. The van der Waals surface area contributed by atoms with Gasteiger partial charge in [0.05, 0.1) is 11.5 Å². The summed E-state index contributed by atoms with van der Waals surface area (Å²) in [5, 5.41) is 3.50. The fraction of sp³-hybridized carbons (Fsp3) is 0.286. The number of methoxy groups -OCH3 is 1. The number of hydrazine groups is 1. The van der Waals surface area contributed by atoms with Gasteiger partial charge in [-0.25, -0.2) is 5.84 Å². The van der Waals surface area contributed by atoms with E-state index < -0.39 is 0 Å². The number of hydrazone groups is 1. The summed E-state index contributed by atoms with van der Waals surface area (Å²) in [6, 6.07) is 3.84. The molecular formula is C7H12N4OS. The zero-order chi connectivity index (χ0) is 9.68. The Hall–Kier alpha value is -1.11. The molecule has 5 N–H and O–H groups in total. The standard InChI is InChI=1S/C7H12N4OS/c1-12-4-5-2-3-6(13-5)7(10-8)11-9/h2-3H,4,8-9H2,1H3,(H,10,11). The molecule has 0 aliphatic carbocycles. The number of ether oxygens (including phenoxy) is 1. The summed E-state index contributed by atoms with van der Waals surface area (Å²) in [5.74, 6) is 10.8. The molecule has 0 aliphatic heterocycles. The smallest absolute Gasteiger partial charge is 0.176 e. The Labute approximate surface area is 80.3 Å². The molecule has 0 aliphatic rings. The van der Waals surface area contributed by atoms with E-state index in [1.807, 2.05) is 12.1 Å². The van der Waals surface area contributed by atoms with Crippen molar-refractivity contribution in [3.8, 4) is 0 Å². The molecule has 1 aromatic rings. The minimum atomic E-state index is 0.479. The average Bonchev–Trinajstić information content (AvgIpc) is 2.56. The Morgan fingerprint density at radius 2 is 2.46 bits per heavy atom. The molecule has 72 valence electrons. The zero-order valence-electron chi connectivity index (χ0n) is 7.28. The number of nitrogens with two attached hydrogens (primary N) is 2. The lowest BCUT2D eigenvalue weighted by atomic mass is 10.4. The topological polar surface area (TPSA) is 85.7 Å². The van der Waals surface area contributed by atoms with Crippen molar-refractivity contribution in [1.29, 1.82) is 0 Å². The van der Waals surface area contributed by atoms with Gasteiger partial charge in [-0.3, -0.25) is 0 Å². The van der Waals surface area contributed by atoms with Crippen molar-refractivity contribution < 1.29 is 4.74 Å². The Morgan fingerprint density at radius 1 is 1.69 bits per heavy atom. The second-order valence-electron chi connectivity index (χ2n) is 2.32. The second-order valence-corrected chi connectivity index (χ2v) is 3.49. The molecule has 13 heavy (non-hydrogen) atoms. The van der Waals surface area contributed by atoms with E-state index in [0.717, 1.165) is 9.75 Å². The molecule has 0 amide bonds. The highest BCUT2D eigenvalue weighted by molar-refractivity contribution is 7.14. The average molecular weight is 200 g/mol. The van der Waals surface area contributed by atoms with Gasteiger partial charge in [-0.05, 0) is 12.1 Å². The Bertz CT molecular complexity index is 296. The van der Waals surface area contributed by atoms with E-state index in [0.29, 0.717) is 12.4 Å². The number of amidine groups is 1. The summed E-state index contributed by atoms with van der Waals surface area (Å²) >= 11 is 1.54. The van der Waals surface area contributed by atoms with Gasteiger partial charge in [0.2, 0.25) is 0 Å². The van der Waals surface area contributed by atoms with Gasteiger partial charge >= 0.3 is 0 Å². The van der Waals surface area contributed by atoms with Gasteiger partial charge in [-0.1, -0.05) is 0 Å². The van der Waals surface area contributed by atoms with Crippen LogP contribution in [-0.2, 0) is 11.3 Å². The van der Waals surface area contributed by atoms with Crippen molar-refractivity contribution in [3.05, 3.63) is 21.9 Å². The third-order valence-electron chi connectivity index (χ3n) is 1.45. The number of hydrogen-bond donors (Lipinski definition) is 3. The largest absolute Gasteiger partial charge is 0.379 e. The summed E-state index contributed by atoms with van der Waals surface area (Å²) < 4.78 is 4.98. The van der Waals surface area contributed by atoms with Crippen molar-refractivity contribution in [2.45, 2.75) is 6.61 Å². The fourth-order valence-electron chi connectivity index (χ4n) is 0.897. The maximum atomic E-state index is 5.21. The molecule has 0 saturated carbocycles. The predicted octanol–water partition coefficient (Wildman–Crippen LogP) is -0.0219. The first-order valence-electron chi connectivity index (χ1n) is 3.64. The lowest BCUT2D eigenvalue weighted by Gasteiger charge is -1.98. The molecule has 0 radical (unpaired) electrons. The lowest BCUT2D eigenvalue weighted by molar-refractivity contribution is 0.187. The molecular weight excluding hydrogens is 188 g/mol. The van der Waals surface area contributed by atoms with Crippen LogP contribution >= 0.6 is 11.3 Å². The van der Waals surface area contributed by atoms with Crippen molar-refractivity contribution in [2.75, 3.05) is 7.11 Å². The fourth-order valence-corrected chi connectivity index (χ4v) is 1.84. The first-order valence-corrected chi connectivity index (χ1v) is 4.46. The maximum absolute atomic E-state index is 5.21. The number of nitrogens with zero attached hydrogens (tertiary/aromatic N) is 1. The molecule has 1 heterocycles. The van der Waals surface area contributed by atoms with Gasteiger partial charge in [0.25, 0.3) is 0 Å². The van der Waals surface area contributed by atoms with E-state index in [1.54, 1.807) is 7.11 Å². The Morgan fingerprint density at radius 3 is 3.00 bits per heavy atom. The van der Waals surface area contributed by atoms with Crippen LogP contribution in [0.15, 0.2) is 17.2 Å². The zero-order valence-corrected chi connectivity index (χ0v) is 8.10. The molecule has 5 nitrogen and oxygen atoms in total. The number of thiophene rings is 1. The van der Waals surface area contributed by atoms with Crippen molar-refractivity contribution in [3.63, 3.8) is 0 Å². The minimum absolute atomic E-state index is 0.479. The van der Waals surface area contributed by atoms with Crippen LogP contribution in [0.1, 0.15) is 9.75 Å². The van der Waals surface area contributed by atoms with E-state index in [1.165, 1.54) is 11.3 Å². The summed E-state index contributed by atoms with van der Waals surface area (Å²) in [6.07, 6.45) is 0. The monoisotopic (exact) mass is 200 g/mol. The third kappa shape index (κ3) is 2.41. The summed E-state index contributed by atoms with van der Waals surface area (Å²) in [7, 11) is 1.65. The summed E-state index contributed by atoms with van der Waals surface area (Å²) in [5.41, 5.74) is 2.42. The van der Waals surface area contributed by atoms with Crippen LogP contribution in [0.2, 0.25) is 0 Å². The highest BCUT2D eigenvalue weighted by atomic mass is 32.1. The second kappa shape index (κ2) is 4.80. The molecule has 1 aromatic heterocycles. The van der Waals surface area contributed by atoms with E-state index in [2.05, 4.69) is 10.5 Å². The van der Waals surface area contributed by atoms with Crippen LogP contribution in [0.4, 0.5) is 0 Å². The predicted molar refractivity (Wildman–Crippen MR) is 53.1 cm³/mol. The van der Waals surface area contributed by atoms with Crippen LogP contribution in [0.5, 0.6) is 0 Å². The van der Waals surface area contributed by atoms with E-state index in [-0.39, 0.29) is 0 Å². The quantitative estimate of drug-likeness (QED) is 0.277. The van der Waals surface area contributed by atoms with Crippen molar-refractivity contribution in [2.24, 2.45) is 16.8 Å². The van der Waals surface area contributed by atoms with E-state index in [4.69, 9.17) is 16.4 Å². The van der Waals surface area contributed by atoms with Crippen LogP contribution in [0.3, 0.4) is 0 Å². The van der Waals surface area contributed by atoms with Gasteiger partial charge in [0, 0.05) is 12.0 Å². The van der Waals surface area contributed by atoms with Crippen molar-refractivity contribution >= 4 is 17.2 Å². The minimum Gasteiger partial charge on any atom is -0.379 e. The molecule has 0 bridgehead atoms. The highest BCUT2D eigenvalue weighted by Gasteiger charge is 2.04. The van der Waals surface area contributed by atoms with Crippen LogP contribution in [-0.4, -0.2) is 12.9 Å². The van der Waals surface area contributed by atoms with Gasteiger partial charge in [-0.15, -0.1) is 11.3 Å². The van der Waals surface area contributed by atoms with Crippen molar-refractivity contribution in [1.82, 2.24) is 5.43 Å². The van der Waals surface area contributed by atoms with Gasteiger partial charge in [-0.2, -0.15) is 5.10 Å². The van der Waals surface area contributed by atoms with Crippen LogP contribution < -0.4 is 17.1 Å². The SMILES string of the molecule is COCc1ccc(/C(=N/N)NN)s1. The number of hydrogen-bond acceptors (Lipinski definition) is 5. The number of nitrogens with one attached hydrogen (secondary N) is 1. The van der Waals surface area contributed by atoms with Gasteiger partial charge < -0.3 is 16.0 Å². The number of rotatable bonds is 3.